The number of aromatic nitrogens is 3. The van der Waals surface area contributed by atoms with Crippen molar-refractivity contribution in [2.24, 2.45) is 0 Å². The average Bonchev–Trinajstić information content (AvgIpc) is 2.92. The molecule has 1 aliphatic heterocycles. The van der Waals surface area contributed by atoms with Crippen molar-refractivity contribution in [3.8, 4) is 0 Å². The maximum atomic E-state index is 13.6. The maximum Gasteiger partial charge on any atom is 0.338 e. The summed E-state index contributed by atoms with van der Waals surface area (Å²) < 4.78 is 33.7. The smallest absolute Gasteiger partial charge is 0.338 e. The molecule has 2 aromatic rings. The molecular formula is C15H14F2N4O2. The van der Waals surface area contributed by atoms with Gasteiger partial charge in [-0.1, -0.05) is 0 Å². The maximum absolute atomic E-state index is 13.6. The minimum atomic E-state index is -0.821. The first-order valence-electron chi connectivity index (χ1n) is 7.01. The Labute approximate surface area is 130 Å². The number of halogens is 2. The molecule has 0 saturated carbocycles. The molecule has 0 unspecified atom stereocenters. The van der Waals surface area contributed by atoms with E-state index < -0.39 is 23.6 Å². The van der Waals surface area contributed by atoms with Gasteiger partial charge in [0.15, 0.2) is 0 Å². The van der Waals surface area contributed by atoms with E-state index in [0.29, 0.717) is 11.6 Å². The van der Waals surface area contributed by atoms with Gasteiger partial charge in [0.1, 0.15) is 24.0 Å². The summed E-state index contributed by atoms with van der Waals surface area (Å²) in [5.41, 5.74) is 0.978. The SMILES string of the molecule is CCOC(=O)C1=C(C)Nc2ncnn2[C@H]1c1cc(F)cc(F)c1. The molecule has 0 bridgehead atoms. The zero-order valence-corrected chi connectivity index (χ0v) is 12.5. The third-order valence-corrected chi connectivity index (χ3v) is 3.49. The molecule has 8 heteroatoms. The monoisotopic (exact) mass is 320 g/mol. The fourth-order valence-corrected chi connectivity index (χ4v) is 2.61. The third kappa shape index (κ3) is 2.67. The lowest BCUT2D eigenvalue weighted by molar-refractivity contribution is -0.139. The highest BCUT2D eigenvalue weighted by molar-refractivity contribution is 5.92. The molecule has 1 atom stereocenters. The van der Waals surface area contributed by atoms with Gasteiger partial charge in [0.25, 0.3) is 0 Å². The van der Waals surface area contributed by atoms with Gasteiger partial charge < -0.3 is 10.1 Å². The Morgan fingerprint density at radius 1 is 1.35 bits per heavy atom. The normalized spacial score (nSPS) is 16.8. The van der Waals surface area contributed by atoms with Gasteiger partial charge in [-0.05, 0) is 31.5 Å². The van der Waals surface area contributed by atoms with Gasteiger partial charge in [-0.3, -0.25) is 0 Å². The van der Waals surface area contributed by atoms with Gasteiger partial charge in [0, 0.05) is 11.8 Å². The van der Waals surface area contributed by atoms with Crippen molar-refractivity contribution >= 4 is 11.9 Å². The molecule has 1 aromatic carbocycles. The van der Waals surface area contributed by atoms with Crippen LogP contribution in [0.4, 0.5) is 14.7 Å². The zero-order chi connectivity index (χ0) is 16.6. The molecule has 120 valence electrons. The van der Waals surface area contributed by atoms with Crippen molar-refractivity contribution in [2.75, 3.05) is 11.9 Å². The molecule has 1 aliphatic rings. The van der Waals surface area contributed by atoms with Gasteiger partial charge in [0.05, 0.1) is 12.2 Å². The van der Waals surface area contributed by atoms with Crippen LogP contribution in [0, 0.1) is 11.6 Å². The summed E-state index contributed by atoms with van der Waals surface area (Å²) in [6.07, 6.45) is 1.30. The number of rotatable bonds is 3. The van der Waals surface area contributed by atoms with E-state index in [9.17, 15) is 13.6 Å². The standard InChI is InChI=1S/C15H14F2N4O2/c1-3-23-14(22)12-8(2)20-15-18-7-19-21(15)13(12)9-4-10(16)6-11(17)5-9/h4-7,13H,3H2,1-2H3,(H,18,19,20)/t13-/m0/s1. The number of anilines is 1. The highest BCUT2D eigenvalue weighted by Crippen LogP contribution is 2.35. The Kier molecular flexibility index (Phi) is 3.81. The first kappa shape index (κ1) is 15.1. The van der Waals surface area contributed by atoms with Crippen LogP contribution in [0.25, 0.3) is 0 Å². The Morgan fingerprint density at radius 3 is 2.70 bits per heavy atom. The molecule has 0 fully saturated rings. The molecule has 23 heavy (non-hydrogen) atoms. The summed E-state index contributed by atoms with van der Waals surface area (Å²) in [5, 5.41) is 7.00. The molecule has 2 heterocycles. The predicted octanol–water partition coefficient (Wildman–Crippen LogP) is 2.41. The minimum Gasteiger partial charge on any atom is -0.463 e. The lowest BCUT2D eigenvalue weighted by Gasteiger charge is -2.28. The molecule has 3 rings (SSSR count). The molecule has 1 N–H and O–H groups in total. The number of nitrogens with one attached hydrogen (secondary N) is 1. The topological polar surface area (TPSA) is 69.0 Å². The Balaban J connectivity index is 2.18. The Hall–Kier alpha value is -2.77. The van der Waals surface area contributed by atoms with Crippen LogP contribution in [0.3, 0.4) is 0 Å². The molecule has 0 amide bonds. The van der Waals surface area contributed by atoms with Crippen molar-refractivity contribution in [1.82, 2.24) is 14.8 Å². The van der Waals surface area contributed by atoms with Crippen LogP contribution >= 0.6 is 0 Å². The van der Waals surface area contributed by atoms with Gasteiger partial charge in [0.2, 0.25) is 5.95 Å². The fourth-order valence-electron chi connectivity index (χ4n) is 2.61. The van der Waals surface area contributed by atoms with E-state index in [1.807, 2.05) is 0 Å². The van der Waals surface area contributed by atoms with E-state index in [2.05, 4.69) is 15.4 Å². The van der Waals surface area contributed by atoms with E-state index in [1.54, 1.807) is 13.8 Å². The second kappa shape index (κ2) is 5.79. The first-order valence-corrected chi connectivity index (χ1v) is 7.01. The number of benzene rings is 1. The van der Waals surface area contributed by atoms with Gasteiger partial charge in [-0.2, -0.15) is 10.1 Å². The number of esters is 1. The zero-order valence-electron chi connectivity index (χ0n) is 12.5. The van der Waals surface area contributed by atoms with Crippen LogP contribution in [0.15, 0.2) is 35.8 Å². The number of hydrogen-bond donors (Lipinski definition) is 1. The number of nitrogens with zero attached hydrogens (tertiary/aromatic N) is 3. The summed E-state index contributed by atoms with van der Waals surface area (Å²) in [5.74, 6) is -1.67. The molecule has 0 aliphatic carbocycles. The number of fused-ring (bicyclic) bond motifs is 1. The highest BCUT2D eigenvalue weighted by atomic mass is 19.1. The summed E-state index contributed by atoms with van der Waals surface area (Å²) in [4.78, 5) is 16.4. The van der Waals surface area contributed by atoms with Crippen LogP contribution < -0.4 is 5.32 Å². The largest absolute Gasteiger partial charge is 0.463 e. The number of hydrogen-bond acceptors (Lipinski definition) is 5. The van der Waals surface area contributed by atoms with Gasteiger partial charge >= 0.3 is 5.97 Å². The second-order valence-electron chi connectivity index (χ2n) is 5.02. The van der Waals surface area contributed by atoms with Gasteiger partial charge in [-0.15, -0.1) is 0 Å². The number of allylic oxidation sites excluding steroid dienone is 1. The first-order chi connectivity index (χ1) is 11.0. The van der Waals surface area contributed by atoms with Crippen molar-refractivity contribution < 1.29 is 18.3 Å². The third-order valence-electron chi connectivity index (χ3n) is 3.49. The molecular weight excluding hydrogens is 306 g/mol. The van der Waals surface area contributed by atoms with Crippen LogP contribution in [0.2, 0.25) is 0 Å². The van der Waals surface area contributed by atoms with E-state index in [4.69, 9.17) is 4.74 Å². The van der Waals surface area contributed by atoms with Gasteiger partial charge in [-0.25, -0.2) is 18.3 Å². The molecule has 0 spiro atoms. The number of carbonyl (C=O) groups is 1. The quantitative estimate of drug-likeness (QED) is 0.880. The van der Waals surface area contributed by atoms with Crippen molar-refractivity contribution in [3.63, 3.8) is 0 Å². The van der Waals surface area contributed by atoms with Crippen LogP contribution in [-0.2, 0) is 9.53 Å². The average molecular weight is 320 g/mol. The lowest BCUT2D eigenvalue weighted by Crippen LogP contribution is -2.29. The van der Waals surface area contributed by atoms with Crippen LogP contribution in [-0.4, -0.2) is 27.3 Å². The van der Waals surface area contributed by atoms with E-state index in [-0.39, 0.29) is 17.7 Å². The van der Waals surface area contributed by atoms with Crippen LogP contribution in [0.1, 0.15) is 25.5 Å². The number of ether oxygens (including phenoxy) is 1. The van der Waals surface area contributed by atoms with Crippen LogP contribution in [0.5, 0.6) is 0 Å². The summed E-state index contributed by atoms with van der Waals surface area (Å²) in [6.45, 7) is 3.54. The predicted molar refractivity (Wildman–Crippen MR) is 77.5 cm³/mol. The fraction of sp³-hybridized carbons (Fsp3) is 0.267. The summed E-state index contributed by atoms with van der Waals surface area (Å²) in [7, 11) is 0. The Bertz CT molecular complexity index is 780. The summed E-state index contributed by atoms with van der Waals surface area (Å²) in [6, 6.07) is 2.28. The van der Waals surface area contributed by atoms with E-state index >= 15 is 0 Å². The van der Waals surface area contributed by atoms with E-state index in [0.717, 1.165) is 18.2 Å². The molecule has 0 radical (unpaired) electrons. The van der Waals surface area contributed by atoms with Crippen molar-refractivity contribution in [3.05, 3.63) is 53.0 Å². The lowest BCUT2D eigenvalue weighted by atomic mass is 9.95. The molecule has 0 saturated heterocycles. The molecule has 1 aromatic heterocycles. The molecule has 6 nitrogen and oxygen atoms in total. The highest BCUT2D eigenvalue weighted by Gasteiger charge is 2.34. The Morgan fingerprint density at radius 2 is 2.04 bits per heavy atom. The van der Waals surface area contributed by atoms with Crippen molar-refractivity contribution in [1.29, 1.82) is 0 Å². The summed E-state index contributed by atoms with van der Waals surface area (Å²) >= 11 is 0. The van der Waals surface area contributed by atoms with E-state index in [1.165, 1.54) is 11.0 Å². The minimum absolute atomic E-state index is 0.185. The van der Waals surface area contributed by atoms with Crippen molar-refractivity contribution in [2.45, 2.75) is 19.9 Å². The second-order valence-corrected chi connectivity index (χ2v) is 5.02. The number of carbonyl (C=O) groups excluding carboxylic acids is 1.